The third-order valence-electron chi connectivity index (χ3n) is 3.97. The monoisotopic (exact) mass is 394 g/mol. The molecule has 0 aromatic carbocycles. The summed E-state index contributed by atoms with van der Waals surface area (Å²) in [5, 5.41) is 28.9. The van der Waals surface area contributed by atoms with E-state index >= 15 is 0 Å². The Labute approximate surface area is 160 Å². The molecule has 28 heavy (non-hydrogen) atoms. The Hall–Kier alpha value is -2.86. The van der Waals surface area contributed by atoms with Gasteiger partial charge in [-0.3, -0.25) is 9.56 Å². The van der Waals surface area contributed by atoms with Crippen molar-refractivity contribution in [1.29, 1.82) is 0 Å². The first-order chi connectivity index (χ1) is 13.3. The predicted octanol–water partition coefficient (Wildman–Crippen LogP) is -0.724. The summed E-state index contributed by atoms with van der Waals surface area (Å²) >= 11 is 0. The highest BCUT2D eigenvalue weighted by Crippen LogP contribution is 2.28. The highest BCUT2D eigenvalue weighted by atomic mass is 16.7. The van der Waals surface area contributed by atoms with Crippen LogP contribution in [-0.4, -0.2) is 62.5 Å². The Morgan fingerprint density at radius 2 is 2.18 bits per heavy atom. The van der Waals surface area contributed by atoms with Crippen molar-refractivity contribution < 1.29 is 29.7 Å². The Kier molecular flexibility index (Phi) is 7.18. The predicted molar refractivity (Wildman–Crippen MR) is 98.3 cm³/mol. The van der Waals surface area contributed by atoms with Gasteiger partial charge in [-0.25, -0.2) is 9.59 Å². The third-order valence-corrected chi connectivity index (χ3v) is 3.97. The van der Waals surface area contributed by atoms with Crippen molar-refractivity contribution in [3.05, 3.63) is 46.2 Å². The number of allylic oxidation sites excluding steroid dienone is 1. The maximum atomic E-state index is 12.2. The van der Waals surface area contributed by atoms with E-state index in [1.54, 1.807) is 13.8 Å². The Bertz CT molecular complexity index is 844. The molecule has 0 aliphatic carbocycles. The van der Waals surface area contributed by atoms with E-state index in [0.717, 1.165) is 4.57 Å². The molecule has 152 valence electrons. The van der Waals surface area contributed by atoms with Gasteiger partial charge in [0.1, 0.15) is 18.3 Å². The smallest absolute Gasteiger partial charge is 0.362 e. The van der Waals surface area contributed by atoms with E-state index in [4.69, 9.17) is 14.7 Å². The van der Waals surface area contributed by atoms with E-state index in [0.29, 0.717) is 5.57 Å². The quantitative estimate of drug-likeness (QED) is 0.203. The fourth-order valence-corrected chi connectivity index (χ4v) is 2.49. The molecule has 11 heteroatoms. The molecule has 1 aliphatic heterocycles. The molecule has 0 amide bonds. The SMILES string of the molecule is C=N/C=C\C(C(=O)ONc1ccn([C@@H]2O[C@H](CO)[C@@H](O)[C@H]2O)c(=O)n1)=C(C)C. The highest BCUT2D eigenvalue weighted by Gasteiger charge is 2.43. The lowest BCUT2D eigenvalue weighted by Crippen LogP contribution is -2.36. The van der Waals surface area contributed by atoms with Gasteiger partial charge in [0.05, 0.1) is 12.2 Å². The molecule has 4 atom stereocenters. The number of aliphatic imine (C=N–C) groups is 1. The number of anilines is 1. The minimum Gasteiger partial charge on any atom is -0.394 e. The van der Waals surface area contributed by atoms with Gasteiger partial charge in [0, 0.05) is 18.5 Å². The molecule has 4 N–H and O–H groups in total. The number of carbonyl (C=O) groups excluding carboxylic acids is 1. The molecule has 11 nitrogen and oxygen atoms in total. The van der Waals surface area contributed by atoms with Crippen LogP contribution >= 0.6 is 0 Å². The zero-order valence-corrected chi connectivity index (χ0v) is 15.3. The van der Waals surface area contributed by atoms with Crippen molar-refractivity contribution in [2.45, 2.75) is 38.4 Å². The van der Waals surface area contributed by atoms with Crippen LogP contribution in [0, 0.1) is 0 Å². The minimum atomic E-state index is -1.42. The van der Waals surface area contributed by atoms with Crippen molar-refractivity contribution >= 4 is 18.5 Å². The number of rotatable bonds is 7. The van der Waals surface area contributed by atoms with Gasteiger partial charge < -0.3 is 24.9 Å². The van der Waals surface area contributed by atoms with Crippen LogP contribution in [0.2, 0.25) is 0 Å². The molecule has 1 aromatic rings. The molecular formula is C17H22N4O7. The highest BCUT2D eigenvalue weighted by molar-refractivity contribution is 5.92. The fourth-order valence-electron chi connectivity index (χ4n) is 2.49. The summed E-state index contributed by atoms with van der Waals surface area (Å²) in [7, 11) is 0. The topological polar surface area (TPSA) is 156 Å². The first-order valence-corrected chi connectivity index (χ1v) is 8.28. The van der Waals surface area contributed by atoms with Crippen LogP contribution in [0.15, 0.2) is 45.5 Å². The van der Waals surface area contributed by atoms with Crippen LogP contribution in [0.5, 0.6) is 0 Å². The number of aromatic nitrogens is 2. The molecule has 1 aliphatic rings. The number of hydrogen-bond donors (Lipinski definition) is 4. The Balaban J connectivity index is 2.10. The van der Waals surface area contributed by atoms with Crippen molar-refractivity contribution in [2.75, 3.05) is 12.1 Å². The van der Waals surface area contributed by atoms with Crippen LogP contribution in [-0.2, 0) is 14.4 Å². The average Bonchev–Trinajstić information content (AvgIpc) is 2.94. The summed E-state index contributed by atoms with van der Waals surface area (Å²) in [6.07, 6.45) is -0.984. The summed E-state index contributed by atoms with van der Waals surface area (Å²) in [6.45, 7) is 6.19. The lowest BCUT2D eigenvalue weighted by molar-refractivity contribution is -0.135. The van der Waals surface area contributed by atoms with E-state index in [9.17, 15) is 19.8 Å². The molecule has 1 saturated heterocycles. The minimum absolute atomic E-state index is 0.0553. The van der Waals surface area contributed by atoms with Crippen LogP contribution in [0.25, 0.3) is 0 Å². The van der Waals surface area contributed by atoms with Gasteiger partial charge >= 0.3 is 11.7 Å². The normalized spacial score (nSPS) is 24.2. The zero-order valence-electron chi connectivity index (χ0n) is 15.3. The van der Waals surface area contributed by atoms with Crippen LogP contribution < -0.4 is 11.2 Å². The average molecular weight is 394 g/mol. The second-order valence-corrected chi connectivity index (χ2v) is 6.14. The van der Waals surface area contributed by atoms with Crippen LogP contribution in [0.3, 0.4) is 0 Å². The number of nitrogens with zero attached hydrogens (tertiary/aromatic N) is 3. The van der Waals surface area contributed by atoms with Crippen LogP contribution in [0.4, 0.5) is 5.82 Å². The molecule has 0 spiro atoms. The van der Waals surface area contributed by atoms with Gasteiger partial charge in [-0.15, -0.1) is 0 Å². The fraction of sp³-hybridized carbons (Fsp3) is 0.412. The molecule has 1 aromatic heterocycles. The number of aliphatic hydroxyl groups is 3. The van der Waals surface area contributed by atoms with E-state index in [2.05, 4.69) is 22.2 Å². The number of ether oxygens (including phenoxy) is 1. The maximum absolute atomic E-state index is 12.2. The molecule has 0 saturated carbocycles. The second-order valence-electron chi connectivity index (χ2n) is 6.14. The Morgan fingerprint density at radius 1 is 1.46 bits per heavy atom. The molecular weight excluding hydrogens is 372 g/mol. The lowest BCUT2D eigenvalue weighted by Gasteiger charge is -2.17. The summed E-state index contributed by atoms with van der Waals surface area (Å²) < 4.78 is 6.23. The molecule has 1 fully saturated rings. The number of aliphatic hydroxyl groups excluding tert-OH is 3. The van der Waals surface area contributed by atoms with Gasteiger partial charge in [0.15, 0.2) is 12.0 Å². The molecule has 0 unspecified atom stereocenters. The molecule has 0 radical (unpaired) electrons. The largest absolute Gasteiger partial charge is 0.394 e. The van der Waals surface area contributed by atoms with E-state index in [1.807, 2.05) is 0 Å². The van der Waals surface area contributed by atoms with Gasteiger partial charge in [0.2, 0.25) is 0 Å². The van der Waals surface area contributed by atoms with E-state index < -0.39 is 42.8 Å². The summed E-state index contributed by atoms with van der Waals surface area (Å²) in [4.78, 5) is 36.4. The van der Waals surface area contributed by atoms with Gasteiger partial charge in [-0.1, -0.05) is 5.57 Å². The van der Waals surface area contributed by atoms with Crippen molar-refractivity contribution in [1.82, 2.24) is 9.55 Å². The molecule has 2 rings (SSSR count). The first-order valence-electron chi connectivity index (χ1n) is 8.28. The van der Waals surface area contributed by atoms with Crippen molar-refractivity contribution in [3.8, 4) is 0 Å². The number of carbonyl (C=O) groups is 1. The van der Waals surface area contributed by atoms with Crippen molar-refractivity contribution in [3.63, 3.8) is 0 Å². The van der Waals surface area contributed by atoms with Gasteiger partial charge in [-0.2, -0.15) is 10.5 Å². The summed E-state index contributed by atoms with van der Waals surface area (Å²) in [5.41, 5.74) is 2.38. The number of nitrogens with one attached hydrogen (secondary N) is 1. The number of hydrogen-bond acceptors (Lipinski definition) is 10. The maximum Gasteiger partial charge on any atom is 0.362 e. The van der Waals surface area contributed by atoms with E-state index in [1.165, 1.54) is 24.5 Å². The standard InChI is InChI=1S/C17H22N4O7/c1-9(2)10(4-6-18-3)16(25)28-20-12-5-7-21(17(26)19-12)15-14(24)13(23)11(8-22)27-15/h4-7,11,13-15,22-24H,3,8H2,1-2H3,(H,19,20,26)/b6-4-/t11-,13-,14-,15-/m1/s1. The summed E-state index contributed by atoms with van der Waals surface area (Å²) in [5.74, 6) is -0.769. The third kappa shape index (κ3) is 4.70. The van der Waals surface area contributed by atoms with E-state index in [-0.39, 0.29) is 11.4 Å². The summed E-state index contributed by atoms with van der Waals surface area (Å²) in [6, 6.07) is 1.31. The molecule has 2 heterocycles. The molecule has 0 bridgehead atoms. The first kappa shape index (κ1) is 21.4. The van der Waals surface area contributed by atoms with Crippen molar-refractivity contribution in [2.24, 2.45) is 4.99 Å². The lowest BCUT2D eigenvalue weighted by atomic mass is 10.1. The van der Waals surface area contributed by atoms with Crippen LogP contribution in [0.1, 0.15) is 20.1 Å². The second kappa shape index (κ2) is 9.37. The van der Waals surface area contributed by atoms with Gasteiger partial charge in [0.25, 0.3) is 0 Å². The zero-order chi connectivity index (χ0) is 20.8. The Morgan fingerprint density at radius 3 is 2.71 bits per heavy atom. The van der Waals surface area contributed by atoms with Gasteiger partial charge in [-0.05, 0) is 26.6 Å².